The lowest BCUT2D eigenvalue weighted by Crippen LogP contribution is -2.35. The van der Waals surface area contributed by atoms with Crippen LogP contribution in [0.3, 0.4) is 0 Å². The predicted octanol–water partition coefficient (Wildman–Crippen LogP) is 5.14. The van der Waals surface area contributed by atoms with Crippen LogP contribution in [-0.4, -0.2) is 50.0 Å². The Labute approximate surface area is 219 Å². The average Bonchev–Trinajstić information content (AvgIpc) is 3.18. The number of likely N-dealkylation sites (N-methyl/N-ethyl adjacent to an activating group) is 1. The van der Waals surface area contributed by atoms with E-state index < -0.39 is 6.04 Å². The monoisotopic (exact) mass is 518 g/mol. The molecule has 0 aliphatic carbocycles. The van der Waals surface area contributed by atoms with Crippen LogP contribution in [-0.2, 0) is 6.61 Å². The highest BCUT2D eigenvalue weighted by molar-refractivity contribution is 6.31. The largest absolute Gasteiger partial charge is 0.493 e. The molecule has 1 atom stereocenters. The summed E-state index contributed by atoms with van der Waals surface area (Å²) in [6.07, 6.45) is 0. The molecule has 0 fully saturated rings. The smallest absolute Gasteiger partial charge is 0.290 e. The number of methoxy groups -OCH3 is 1. The summed E-state index contributed by atoms with van der Waals surface area (Å²) >= 11 is 6.27. The van der Waals surface area contributed by atoms with E-state index in [-0.39, 0.29) is 23.7 Å². The van der Waals surface area contributed by atoms with Gasteiger partial charge in [-0.15, -0.1) is 0 Å². The summed E-state index contributed by atoms with van der Waals surface area (Å²) in [7, 11) is 5.43. The maximum absolute atomic E-state index is 13.6. The zero-order valence-corrected chi connectivity index (χ0v) is 21.6. The number of fused-ring (bicyclic) bond motifs is 2. The second-order valence-electron chi connectivity index (χ2n) is 9.16. The lowest BCUT2D eigenvalue weighted by molar-refractivity contribution is 0.0716. The van der Waals surface area contributed by atoms with Gasteiger partial charge in [-0.2, -0.15) is 0 Å². The van der Waals surface area contributed by atoms with E-state index in [1.165, 1.54) is 0 Å². The van der Waals surface area contributed by atoms with Crippen molar-refractivity contribution in [2.75, 3.05) is 34.3 Å². The summed E-state index contributed by atoms with van der Waals surface area (Å²) in [4.78, 5) is 30.8. The van der Waals surface area contributed by atoms with E-state index in [9.17, 15) is 9.59 Å². The zero-order chi connectivity index (χ0) is 26.1. The third-order valence-corrected chi connectivity index (χ3v) is 6.87. The first-order valence-corrected chi connectivity index (χ1v) is 12.3. The van der Waals surface area contributed by atoms with Crippen molar-refractivity contribution in [3.63, 3.8) is 0 Å². The maximum Gasteiger partial charge on any atom is 0.290 e. The molecular formula is C29H27ClN2O5. The Morgan fingerprint density at radius 3 is 2.51 bits per heavy atom. The summed E-state index contributed by atoms with van der Waals surface area (Å²) in [5, 5.41) is 1.06. The van der Waals surface area contributed by atoms with Crippen molar-refractivity contribution >= 4 is 28.5 Å². The number of para-hydroxylation sites is 1. The minimum Gasteiger partial charge on any atom is -0.493 e. The first kappa shape index (κ1) is 24.9. The number of ether oxygens (including phenoxy) is 2. The van der Waals surface area contributed by atoms with Crippen molar-refractivity contribution in [2.45, 2.75) is 12.6 Å². The average molecular weight is 519 g/mol. The topological polar surface area (TPSA) is 72.2 Å². The van der Waals surface area contributed by atoms with E-state index >= 15 is 0 Å². The van der Waals surface area contributed by atoms with E-state index in [2.05, 4.69) is 0 Å². The molecule has 0 saturated carbocycles. The third kappa shape index (κ3) is 4.68. The number of carbonyl (C=O) groups excluding carboxylic acids is 1. The standard InChI is InChI=1S/C29H27ClN2O5/c1-31(2)14-15-32-26(25-27(33)20-9-5-7-11-22(20)37-28(25)29(32)34)18-12-13-23(24(16-18)35-3)36-17-19-8-4-6-10-21(19)30/h4-13,16,26H,14-15,17H2,1-3H3/t26-/m1/s1. The van der Waals surface area contributed by atoms with Gasteiger partial charge in [0.15, 0.2) is 16.9 Å². The second-order valence-corrected chi connectivity index (χ2v) is 9.57. The van der Waals surface area contributed by atoms with Crippen LogP contribution in [0.4, 0.5) is 0 Å². The summed E-state index contributed by atoms with van der Waals surface area (Å²) in [6, 6.07) is 19.3. The molecule has 1 amide bonds. The molecular weight excluding hydrogens is 492 g/mol. The van der Waals surface area contributed by atoms with E-state index in [0.717, 1.165) is 11.1 Å². The predicted molar refractivity (Wildman–Crippen MR) is 143 cm³/mol. The first-order valence-electron chi connectivity index (χ1n) is 11.9. The molecule has 0 bridgehead atoms. The fourth-order valence-corrected chi connectivity index (χ4v) is 4.79. The minimum absolute atomic E-state index is 0.0884. The van der Waals surface area contributed by atoms with E-state index in [4.69, 9.17) is 25.5 Å². The van der Waals surface area contributed by atoms with Crippen molar-refractivity contribution in [1.29, 1.82) is 0 Å². The van der Waals surface area contributed by atoms with Gasteiger partial charge < -0.3 is 23.7 Å². The van der Waals surface area contributed by atoms with E-state index in [1.54, 1.807) is 42.3 Å². The number of amides is 1. The van der Waals surface area contributed by atoms with Gasteiger partial charge in [-0.05, 0) is 50.0 Å². The number of hydrogen-bond donors (Lipinski definition) is 0. The number of hydrogen-bond acceptors (Lipinski definition) is 6. The molecule has 0 spiro atoms. The van der Waals surface area contributed by atoms with Gasteiger partial charge in [-0.3, -0.25) is 9.59 Å². The molecule has 0 unspecified atom stereocenters. The molecule has 37 heavy (non-hydrogen) atoms. The molecule has 0 radical (unpaired) electrons. The second kappa shape index (κ2) is 10.3. The molecule has 3 aromatic carbocycles. The van der Waals surface area contributed by atoms with Gasteiger partial charge in [0, 0.05) is 23.7 Å². The summed E-state index contributed by atoms with van der Waals surface area (Å²) < 4.78 is 17.6. The molecule has 0 saturated heterocycles. The molecule has 2 heterocycles. The zero-order valence-electron chi connectivity index (χ0n) is 20.9. The Morgan fingerprint density at radius 2 is 1.76 bits per heavy atom. The van der Waals surface area contributed by atoms with Crippen LogP contribution in [0.2, 0.25) is 5.02 Å². The maximum atomic E-state index is 13.6. The molecule has 7 nitrogen and oxygen atoms in total. The van der Waals surface area contributed by atoms with E-state index in [1.807, 2.05) is 55.4 Å². The van der Waals surface area contributed by atoms with Crippen molar-refractivity contribution < 1.29 is 18.7 Å². The number of benzene rings is 3. The third-order valence-electron chi connectivity index (χ3n) is 6.51. The Balaban J connectivity index is 1.56. The SMILES string of the molecule is COc1cc([C@@H]2c3c(oc4ccccc4c3=O)C(=O)N2CCN(C)C)ccc1OCc1ccccc1Cl. The first-order chi connectivity index (χ1) is 17.9. The molecule has 8 heteroatoms. The van der Waals surface area contributed by atoms with Crippen LogP contribution in [0.5, 0.6) is 11.5 Å². The van der Waals surface area contributed by atoms with Crippen LogP contribution in [0.1, 0.15) is 33.3 Å². The van der Waals surface area contributed by atoms with Gasteiger partial charge in [0.25, 0.3) is 5.91 Å². The summed E-state index contributed by atoms with van der Waals surface area (Å²) in [5.74, 6) is 0.803. The van der Waals surface area contributed by atoms with Gasteiger partial charge in [-0.1, -0.05) is 48.0 Å². The molecule has 190 valence electrons. The Bertz CT molecular complexity index is 1530. The quantitative estimate of drug-likeness (QED) is 0.321. The van der Waals surface area contributed by atoms with Gasteiger partial charge >= 0.3 is 0 Å². The van der Waals surface area contributed by atoms with E-state index in [0.29, 0.717) is 46.1 Å². The minimum atomic E-state index is -0.616. The normalized spacial score (nSPS) is 14.9. The number of carbonyl (C=O) groups is 1. The highest BCUT2D eigenvalue weighted by atomic mass is 35.5. The molecule has 0 N–H and O–H groups in total. The van der Waals surface area contributed by atoms with Crippen LogP contribution in [0.25, 0.3) is 11.0 Å². The van der Waals surface area contributed by atoms with Crippen molar-refractivity contribution in [1.82, 2.24) is 9.80 Å². The summed E-state index contributed by atoms with van der Waals surface area (Å²) in [5.41, 5.74) is 2.11. The highest BCUT2D eigenvalue weighted by Gasteiger charge is 2.42. The molecule has 4 aromatic rings. The van der Waals surface area contributed by atoms with Crippen LogP contribution in [0, 0.1) is 0 Å². The lowest BCUT2D eigenvalue weighted by Gasteiger charge is -2.27. The number of halogens is 1. The van der Waals surface area contributed by atoms with Crippen LogP contribution < -0.4 is 14.9 Å². The van der Waals surface area contributed by atoms with Crippen LogP contribution >= 0.6 is 11.6 Å². The Kier molecular flexibility index (Phi) is 6.91. The molecule has 5 rings (SSSR count). The van der Waals surface area contributed by atoms with Crippen molar-refractivity contribution in [2.24, 2.45) is 0 Å². The van der Waals surface area contributed by atoms with Crippen molar-refractivity contribution in [3.05, 3.63) is 104 Å². The fourth-order valence-electron chi connectivity index (χ4n) is 4.60. The van der Waals surface area contributed by atoms with Crippen molar-refractivity contribution in [3.8, 4) is 11.5 Å². The van der Waals surface area contributed by atoms with Gasteiger partial charge in [0.1, 0.15) is 12.2 Å². The molecule has 1 aliphatic heterocycles. The number of nitrogens with zero attached hydrogens (tertiary/aromatic N) is 2. The van der Waals surface area contributed by atoms with Gasteiger partial charge in [0.05, 0.1) is 24.1 Å². The molecule has 1 aliphatic rings. The fraction of sp³-hybridized carbons (Fsp3) is 0.241. The molecule has 1 aromatic heterocycles. The van der Waals surface area contributed by atoms with Gasteiger partial charge in [-0.25, -0.2) is 0 Å². The summed E-state index contributed by atoms with van der Waals surface area (Å²) in [6.45, 7) is 1.31. The Hall–Kier alpha value is -3.81. The van der Waals surface area contributed by atoms with Crippen LogP contribution in [0.15, 0.2) is 75.9 Å². The van der Waals surface area contributed by atoms with Gasteiger partial charge in [0.2, 0.25) is 5.76 Å². The number of rotatable bonds is 8. The Morgan fingerprint density at radius 1 is 1.00 bits per heavy atom. The lowest BCUT2D eigenvalue weighted by atomic mass is 9.98. The highest BCUT2D eigenvalue weighted by Crippen LogP contribution is 2.41.